The number of nitrogens with one attached hydrogen (secondary N) is 2. The number of para-hydroxylation sites is 1. The molecule has 0 atom stereocenters. The van der Waals surface area contributed by atoms with E-state index >= 15 is 0 Å². The molecule has 2 N–H and O–H groups in total. The molecule has 4 aromatic rings. The maximum Gasteiger partial charge on any atom is 0.255 e. The Morgan fingerprint density at radius 2 is 1.73 bits per heavy atom. The fourth-order valence-corrected chi connectivity index (χ4v) is 4.46. The van der Waals surface area contributed by atoms with Crippen molar-refractivity contribution < 1.29 is 13.2 Å². The molecule has 1 aromatic heterocycles. The molecule has 30 heavy (non-hydrogen) atoms. The van der Waals surface area contributed by atoms with E-state index in [4.69, 9.17) is 0 Å². The number of hydrogen-bond acceptors (Lipinski definition) is 3. The number of aromatic nitrogens is 1. The highest BCUT2D eigenvalue weighted by molar-refractivity contribution is 7.89. The molecule has 1 heterocycles. The second-order valence-electron chi connectivity index (χ2n) is 7.34. The summed E-state index contributed by atoms with van der Waals surface area (Å²) in [5.74, 6) is -0.298. The van der Waals surface area contributed by atoms with Crippen LogP contribution in [0.2, 0.25) is 0 Å². The number of amides is 1. The van der Waals surface area contributed by atoms with Gasteiger partial charge in [-0.2, -0.15) is 0 Å². The van der Waals surface area contributed by atoms with Crippen molar-refractivity contribution in [2.24, 2.45) is 0 Å². The summed E-state index contributed by atoms with van der Waals surface area (Å²) in [6.07, 6.45) is 0.938. The number of carbonyl (C=O) groups is 1. The van der Waals surface area contributed by atoms with Crippen molar-refractivity contribution in [3.8, 4) is 0 Å². The van der Waals surface area contributed by atoms with Gasteiger partial charge in [0.25, 0.3) is 5.91 Å². The molecule has 154 valence electrons. The summed E-state index contributed by atoms with van der Waals surface area (Å²) >= 11 is 0. The number of nitrogens with zero attached hydrogens (tertiary/aromatic N) is 1. The number of sulfonamides is 1. The first-order chi connectivity index (χ1) is 14.3. The maximum atomic E-state index is 12.6. The zero-order valence-corrected chi connectivity index (χ0v) is 17.9. The number of fused-ring (bicyclic) bond motifs is 3. The Bertz CT molecular complexity index is 1350. The van der Waals surface area contributed by atoms with Crippen LogP contribution in [0.15, 0.2) is 65.6 Å². The number of carbonyl (C=O) groups excluding carboxylic acids is 1. The molecule has 0 spiro atoms. The minimum atomic E-state index is -3.52. The summed E-state index contributed by atoms with van der Waals surface area (Å²) in [6, 6.07) is 18.0. The van der Waals surface area contributed by atoms with Gasteiger partial charge < -0.3 is 10.3 Å². The average Bonchev–Trinajstić information content (AvgIpc) is 3.11. The van der Waals surface area contributed by atoms with Crippen LogP contribution in [0.5, 0.6) is 0 Å². The summed E-state index contributed by atoms with van der Waals surface area (Å²) in [5, 5.41) is 5.16. The Kier molecular flexibility index (Phi) is 5.09. The van der Waals surface area contributed by atoms with Gasteiger partial charge in [-0.1, -0.05) is 31.2 Å². The molecule has 0 radical (unpaired) electrons. The van der Waals surface area contributed by atoms with E-state index in [1.54, 1.807) is 0 Å². The SMILES string of the molecule is CCc1cccc2c1[nH]c1cc(NC(=O)c3ccc(S(=O)(=O)N(C)C)cc3)ccc12. The fourth-order valence-electron chi connectivity index (χ4n) is 3.55. The maximum absolute atomic E-state index is 12.6. The third-order valence-electron chi connectivity index (χ3n) is 5.25. The minimum Gasteiger partial charge on any atom is -0.354 e. The molecule has 7 heteroatoms. The number of aryl methyl sites for hydroxylation is 1. The molecule has 0 aliphatic heterocycles. The van der Waals surface area contributed by atoms with Crippen LogP contribution in [0, 0.1) is 0 Å². The topological polar surface area (TPSA) is 82.3 Å². The second kappa shape index (κ2) is 7.59. The number of H-pyrrole nitrogens is 1. The zero-order valence-electron chi connectivity index (χ0n) is 17.1. The summed E-state index contributed by atoms with van der Waals surface area (Å²) in [4.78, 5) is 16.2. The molecule has 0 saturated carbocycles. The van der Waals surface area contributed by atoms with Crippen molar-refractivity contribution >= 4 is 43.4 Å². The molecule has 3 aromatic carbocycles. The lowest BCUT2D eigenvalue weighted by molar-refractivity contribution is 0.102. The average molecular weight is 422 g/mol. The lowest BCUT2D eigenvalue weighted by atomic mass is 10.1. The first kappa shape index (κ1) is 20.1. The molecule has 0 aliphatic rings. The van der Waals surface area contributed by atoms with Gasteiger partial charge in [-0.3, -0.25) is 4.79 Å². The summed E-state index contributed by atoms with van der Waals surface area (Å²) < 4.78 is 25.5. The number of rotatable bonds is 5. The molecule has 0 unspecified atom stereocenters. The van der Waals surface area contributed by atoms with E-state index < -0.39 is 10.0 Å². The number of hydrogen-bond donors (Lipinski definition) is 2. The van der Waals surface area contributed by atoms with Crippen LogP contribution < -0.4 is 5.32 Å². The normalized spacial score (nSPS) is 12.0. The van der Waals surface area contributed by atoms with Crippen molar-refractivity contribution in [2.45, 2.75) is 18.2 Å². The van der Waals surface area contributed by atoms with Gasteiger partial charge in [-0.25, -0.2) is 12.7 Å². The standard InChI is InChI=1S/C23H23N3O3S/c1-4-15-6-5-7-20-19-13-10-17(14-21(19)25-22(15)20)24-23(27)16-8-11-18(12-9-16)30(28,29)26(2)3/h5-14,25H,4H2,1-3H3,(H,24,27). The van der Waals surface area contributed by atoms with Crippen molar-refractivity contribution in [1.82, 2.24) is 9.29 Å². The van der Waals surface area contributed by atoms with E-state index in [0.29, 0.717) is 11.3 Å². The van der Waals surface area contributed by atoms with E-state index in [9.17, 15) is 13.2 Å². The molecular formula is C23H23N3O3S. The van der Waals surface area contributed by atoms with Gasteiger partial charge in [0.15, 0.2) is 0 Å². The van der Waals surface area contributed by atoms with Gasteiger partial charge in [-0.05, 0) is 48.4 Å². The highest BCUT2D eigenvalue weighted by Crippen LogP contribution is 2.30. The lowest BCUT2D eigenvalue weighted by Gasteiger charge is -2.11. The molecule has 0 bridgehead atoms. The summed E-state index contributed by atoms with van der Waals surface area (Å²) in [6.45, 7) is 2.13. The van der Waals surface area contributed by atoms with Gasteiger partial charge in [0.05, 0.1) is 4.90 Å². The van der Waals surface area contributed by atoms with Crippen LogP contribution in [0.3, 0.4) is 0 Å². The van der Waals surface area contributed by atoms with Gasteiger partial charge in [0.2, 0.25) is 10.0 Å². The number of aromatic amines is 1. The van der Waals surface area contributed by atoms with Crippen LogP contribution in [-0.2, 0) is 16.4 Å². The van der Waals surface area contributed by atoms with Crippen molar-refractivity contribution in [1.29, 1.82) is 0 Å². The van der Waals surface area contributed by atoms with Crippen molar-refractivity contribution in [3.63, 3.8) is 0 Å². The Morgan fingerprint density at radius 1 is 1.00 bits per heavy atom. The Morgan fingerprint density at radius 3 is 2.40 bits per heavy atom. The molecule has 0 fully saturated rings. The predicted octanol–water partition coefficient (Wildman–Crippen LogP) is 4.39. The monoisotopic (exact) mass is 421 g/mol. The molecule has 6 nitrogen and oxygen atoms in total. The fraction of sp³-hybridized carbons (Fsp3) is 0.174. The van der Waals surface area contributed by atoms with Gasteiger partial charge >= 0.3 is 0 Å². The minimum absolute atomic E-state index is 0.148. The molecule has 0 saturated heterocycles. The predicted molar refractivity (Wildman–Crippen MR) is 120 cm³/mol. The summed E-state index contributed by atoms with van der Waals surface area (Å²) in [5.41, 5.74) is 4.38. The van der Waals surface area contributed by atoms with E-state index in [-0.39, 0.29) is 10.8 Å². The Labute approximate surface area is 175 Å². The third kappa shape index (κ3) is 3.46. The van der Waals surface area contributed by atoms with Gasteiger partial charge in [-0.15, -0.1) is 0 Å². The third-order valence-corrected chi connectivity index (χ3v) is 7.08. The zero-order chi connectivity index (χ0) is 21.5. The highest BCUT2D eigenvalue weighted by Gasteiger charge is 2.17. The Balaban J connectivity index is 1.61. The van der Waals surface area contributed by atoms with E-state index in [1.165, 1.54) is 49.3 Å². The smallest absolute Gasteiger partial charge is 0.255 e. The van der Waals surface area contributed by atoms with E-state index in [2.05, 4.69) is 35.4 Å². The van der Waals surface area contributed by atoms with Crippen LogP contribution in [-0.4, -0.2) is 37.7 Å². The second-order valence-corrected chi connectivity index (χ2v) is 9.50. The van der Waals surface area contributed by atoms with Crippen LogP contribution in [0.4, 0.5) is 5.69 Å². The highest BCUT2D eigenvalue weighted by atomic mass is 32.2. The van der Waals surface area contributed by atoms with Gasteiger partial charge in [0, 0.05) is 47.2 Å². The van der Waals surface area contributed by atoms with Crippen molar-refractivity contribution in [3.05, 3.63) is 71.8 Å². The lowest BCUT2D eigenvalue weighted by Crippen LogP contribution is -2.22. The van der Waals surface area contributed by atoms with Crippen LogP contribution in [0.1, 0.15) is 22.8 Å². The van der Waals surface area contributed by atoms with E-state index in [1.807, 2.05) is 18.2 Å². The molecule has 4 rings (SSSR count). The molecular weight excluding hydrogens is 398 g/mol. The first-order valence-electron chi connectivity index (χ1n) is 9.68. The van der Waals surface area contributed by atoms with E-state index in [0.717, 1.165) is 27.1 Å². The number of benzene rings is 3. The van der Waals surface area contributed by atoms with Crippen LogP contribution in [0.25, 0.3) is 21.8 Å². The quantitative estimate of drug-likeness (QED) is 0.501. The Hall–Kier alpha value is -3.16. The molecule has 1 amide bonds. The van der Waals surface area contributed by atoms with Crippen LogP contribution >= 0.6 is 0 Å². The van der Waals surface area contributed by atoms with Crippen molar-refractivity contribution in [2.75, 3.05) is 19.4 Å². The largest absolute Gasteiger partial charge is 0.354 e. The molecule has 0 aliphatic carbocycles. The van der Waals surface area contributed by atoms with Gasteiger partial charge in [0.1, 0.15) is 0 Å². The first-order valence-corrected chi connectivity index (χ1v) is 11.1. The summed E-state index contributed by atoms with van der Waals surface area (Å²) in [7, 11) is -0.580. The number of anilines is 1.